The molecule has 0 fully saturated rings. The van der Waals surface area contributed by atoms with E-state index in [0.717, 1.165) is 154 Å². The molecule has 0 aliphatic rings. The topological polar surface area (TPSA) is 78.9 Å². The van der Waals surface area contributed by atoms with E-state index in [4.69, 9.17) is 14.2 Å². The number of ether oxygens (including phenoxy) is 3. The number of carbonyl (C=O) groups is 3. The van der Waals surface area contributed by atoms with Crippen LogP contribution < -0.4 is 0 Å². The van der Waals surface area contributed by atoms with Gasteiger partial charge in [0.2, 0.25) is 0 Å². The molecule has 0 spiro atoms. The summed E-state index contributed by atoms with van der Waals surface area (Å²) >= 11 is 0. The van der Waals surface area contributed by atoms with E-state index in [1.54, 1.807) is 0 Å². The predicted molar refractivity (Wildman–Crippen MR) is 362 cm³/mol. The molecule has 0 N–H and O–H groups in total. The predicted octanol–water partition coefficient (Wildman–Crippen LogP) is 23.9. The first-order valence-corrected chi connectivity index (χ1v) is 34.3. The Bertz CT molecular complexity index is 1800. The lowest BCUT2D eigenvalue weighted by Crippen LogP contribution is -2.30. The van der Waals surface area contributed by atoms with E-state index in [9.17, 15) is 14.4 Å². The first-order valence-electron chi connectivity index (χ1n) is 34.3. The van der Waals surface area contributed by atoms with Gasteiger partial charge in [0.05, 0.1) is 0 Å². The molecule has 83 heavy (non-hydrogen) atoms. The van der Waals surface area contributed by atoms with Gasteiger partial charge in [0.25, 0.3) is 0 Å². The minimum Gasteiger partial charge on any atom is -0.462 e. The highest BCUT2D eigenvalue weighted by Crippen LogP contribution is 2.15. The Hall–Kier alpha value is -4.71. The van der Waals surface area contributed by atoms with Crippen molar-refractivity contribution >= 4 is 17.9 Å². The van der Waals surface area contributed by atoms with Crippen molar-refractivity contribution < 1.29 is 28.6 Å². The van der Waals surface area contributed by atoms with Crippen molar-refractivity contribution in [3.05, 3.63) is 146 Å². The van der Waals surface area contributed by atoms with Gasteiger partial charge in [-0.15, -0.1) is 0 Å². The van der Waals surface area contributed by atoms with Crippen molar-refractivity contribution in [2.75, 3.05) is 13.2 Å². The molecule has 0 aromatic carbocycles. The molecule has 0 amide bonds. The molecule has 0 heterocycles. The third kappa shape index (κ3) is 68.0. The Morgan fingerprint density at radius 1 is 0.253 bits per heavy atom. The minimum atomic E-state index is -0.798. The molecule has 0 aliphatic heterocycles. The second-order valence-electron chi connectivity index (χ2n) is 22.3. The SMILES string of the molecule is CC/C=C\C/C=C\C/C=C\C/C=C\C/C=C\C/C=C\C/C=C\C/C=C\CCCCCCCCCCC(=O)OCC(COC(=O)CCCCCCC/C=C\C/C=C\CCCC)OC(=O)CCCCCCCCC/C=C\C/C=C\CCCCCC. The zero-order valence-electron chi connectivity index (χ0n) is 53.9. The van der Waals surface area contributed by atoms with Crippen LogP contribution in [-0.2, 0) is 28.6 Å². The summed E-state index contributed by atoms with van der Waals surface area (Å²) in [5, 5.41) is 0. The van der Waals surface area contributed by atoms with Crippen LogP contribution in [0.1, 0.15) is 303 Å². The highest BCUT2D eigenvalue weighted by molar-refractivity contribution is 5.71. The maximum Gasteiger partial charge on any atom is 0.306 e. The summed E-state index contributed by atoms with van der Waals surface area (Å²) in [6.07, 6.45) is 100.0. The van der Waals surface area contributed by atoms with E-state index in [2.05, 4.69) is 167 Å². The van der Waals surface area contributed by atoms with Crippen LogP contribution in [0.4, 0.5) is 0 Å². The van der Waals surface area contributed by atoms with Crippen molar-refractivity contribution in [2.45, 2.75) is 309 Å². The van der Waals surface area contributed by atoms with Crippen LogP contribution >= 0.6 is 0 Å². The molecular formula is C77H126O6. The second kappa shape index (κ2) is 69.8. The Labute approximate surface area is 512 Å². The van der Waals surface area contributed by atoms with E-state index in [0.29, 0.717) is 19.3 Å². The Balaban J connectivity index is 4.33. The highest BCUT2D eigenvalue weighted by atomic mass is 16.6. The van der Waals surface area contributed by atoms with Gasteiger partial charge in [-0.3, -0.25) is 14.4 Å². The van der Waals surface area contributed by atoms with Crippen molar-refractivity contribution in [1.29, 1.82) is 0 Å². The minimum absolute atomic E-state index is 0.0938. The second-order valence-corrected chi connectivity index (χ2v) is 22.3. The smallest absolute Gasteiger partial charge is 0.306 e. The third-order valence-corrected chi connectivity index (χ3v) is 14.3. The normalized spacial score (nSPS) is 13.0. The molecule has 0 aliphatic carbocycles. The number of hydrogen-bond donors (Lipinski definition) is 0. The summed E-state index contributed by atoms with van der Waals surface area (Å²) in [6.45, 7) is 6.45. The van der Waals surface area contributed by atoms with Crippen molar-refractivity contribution in [3.8, 4) is 0 Å². The lowest BCUT2D eigenvalue weighted by atomic mass is 10.1. The molecule has 1 atom stereocenters. The lowest BCUT2D eigenvalue weighted by molar-refractivity contribution is -0.167. The fourth-order valence-electron chi connectivity index (χ4n) is 9.15. The summed E-state index contributed by atoms with van der Waals surface area (Å²) in [5.74, 6) is -0.920. The van der Waals surface area contributed by atoms with Gasteiger partial charge in [0.15, 0.2) is 6.10 Å². The van der Waals surface area contributed by atoms with Crippen LogP contribution in [0, 0.1) is 0 Å². The number of allylic oxidation sites excluding steroid dienone is 24. The zero-order valence-corrected chi connectivity index (χ0v) is 53.9. The first kappa shape index (κ1) is 78.3. The Morgan fingerprint density at radius 2 is 0.482 bits per heavy atom. The third-order valence-electron chi connectivity index (χ3n) is 14.3. The monoisotopic (exact) mass is 1150 g/mol. The Kier molecular flexibility index (Phi) is 65.8. The van der Waals surface area contributed by atoms with Crippen molar-refractivity contribution in [1.82, 2.24) is 0 Å². The molecule has 0 saturated carbocycles. The fraction of sp³-hybridized carbons (Fsp3) is 0.649. The zero-order chi connectivity index (χ0) is 59.9. The molecule has 0 aromatic rings. The average molecular weight is 1150 g/mol. The summed E-state index contributed by atoms with van der Waals surface area (Å²) in [4.78, 5) is 38.4. The largest absolute Gasteiger partial charge is 0.462 e. The molecule has 0 rings (SSSR count). The van der Waals surface area contributed by atoms with Crippen LogP contribution in [-0.4, -0.2) is 37.2 Å². The molecule has 0 radical (unpaired) electrons. The molecule has 1 unspecified atom stereocenters. The van der Waals surface area contributed by atoms with E-state index in [1.807, 2.05) is 0 Å². The molecule has 470 valence electrons. The molecule has 0 saturated heterocycles. The Morgan fingerprint density at radius 3 is 0.771 bits per heavy atom. The number of hydrogen-bond acceptors (Lipinski definition) is 6. The van der Waals surface area contributed by atoms with Crippen molar-refractivity contribution in [3.63, 3.8) is 0 Å². The molecule has 6 nitrogen and oxygen atoms in total. The summed E-state index contributed by atoms with van der Waals surface area (Å²) in [7, 11) is 0. The standard InChI is InChI=1S/C77H126O6/c1-4-7-10-13-16-19-22-25-28-30-32-33-34-35-36-37-38-39-40-41-42-43-44-45-46-48-49-52-55-58-61-64-67-70-76(79)82-73-74(72-81-75(78)69-66-63-60-57-54-51-27-24-21-18-15-12-9-6-3)83-77(80)71-68-65-62-59-56-53-50-47-31-29-26-23-20-17-14-11-8-5-2/h7,10,15-16,18-20,23-25,27-29,31-33,35-36,38-39,41-42,44-45,74H,4-6,8-9,11-14,17,21-22,26,30,34,37,40,43,46-73H2,1-3H3/b10-7-,18-15-,19-16-,23-20-,27-24-,28-25-,31-29-,33-32-,36-35-,39-38-,42-41-,45-44-. The van der Waals surface area contributed by atoms with Gasteiger partial charge in [0.1, 0.15) is 13.2 Å². The van der Waals surface area contributed by atoms with Crippen LogP contribution in [0.3, 0.4) is 0 Å². The van der Waals surface area contributed by atoms with Crippen LogP contribution in [0.25, 0.3) is 0 Å². The van der Waals surface area contributed by atoms with Gasteiger partial charge in [0, 0.05) is 19.3 Å². The fourth-order valence-corrected chi connectivity index (χ4v) is 9.15. The van der Waals surface area contributed by atoms with Crippen LogP contribution in [0.15, 0.2) is 146 Å². The molecule has 0 aromatic heterocycles. The highest BCUT2D eigenvalue weighted by Gasteiger charge is 2.19. The van der Waals surface area contributed by atoms with Gasteiger partial charge < -0.3 is 14.2 Å². The number of rotatable bonds is 61. The number of unbranched alkanes of at least 4 members (excludes halogenated alkanes) is 26. The van der Waals surface area contributed by atoms with Crippen molar-refractivity contribution in [2.24, 2.45) is 0 Å². The number of esters is 3. The lowest BCUT2D eigenvalue weighted by Gasteiger charge is -2.18. The van der Waals surface area contributed by atoms with Gasteiger partial charge in [-0.2, -0.15) is 0 Å². The van der Waals surface area contributed by atoms with Gasteiger partial charge >= 0.3 is 17.9 Å². The van der Waals surface area contributed by atoms with Crippen LogP contribution in [0.2, 0.25) is 0 Å². The van der Waals surface area contributed by atoms with E-state index in [1.165, 1.54) is 109 Å². The van der Waals surface area contributed by atoms with Gasteiger partial charge in [-0.1, -0.05) is 289 Å². The average Bonchev–Trinajstić information content (AvgIpc) is 3.49. The van der Waals surface area contributed by atoms with Gasteiger partial charge in [-0.25, -0.2) is 0 Å². The molecule has 6 heteroatoms. The van der Waals surface area contributed by atoms with Crippen LogP contribution in [0.5, 0.6) is 0 Å². The maximum absolute atomic E-state index is 12.9. The summed E-state index contributed by atoms with van der Waals surface area (Å²) in [5.41, 5.74) is 0. The van der Waals surface area contributed by atoms with E-state index < -0.39 is 6.10 Å². The quantitative estimate of drug-likeness (QED) is 0.0261. The van der Waals surface area contributed by atoms with Gasteiger partial charge in [-0.05, 0) is 141 Å². The summed E-state index contributed by atoms with van der Waals surface area (Å²) in [6, 6.07) is 0. The summed E-state index contributed by atoms with van der Waals surface area (Å²) < 4.78 is 16.9. The molecular weight excluding hydrogens is 1020 g/mol. The maximum atomic E-state index is 12.9. The first-order chi connectivity index (χ1) is 41.0. The number of carbonyl (C=O) groups excluding carboxylic acids is 3. The molecule has 0 bridgehead atoms. The van der Waals surface area contributed by atoms with E-state index in [-0.39, 0.29) is 31.1 Å². The van der Waals surface area contributed by atoms with E-state index >= 15 is 0 Å².